The van der Waals surface area contributed by atoms with Crippen molar-refractivity contribution in [1.29, 1.82) is 0 Å². The van der Waals surface area contributed by atoms with Crippen LogP contribution in [0.3, 0.4) is 0 Å². The lowest BCUT2D eigenvalue weighted by atomic mass is 10.0. The van der Waals surface area contributed by atoms with Crippen LogP contribution in [0.25, 0.3) is 0 Å². The second kappa shape index (κ2) is 6.50. The van der Waals surface area contributed by atoms with Crippen molar-refractivity contribution in [2.45, 2.75) is 44.9 Å². The Bertz CT molecular complexity index is 386. The third kappa shape index (κ3) is 3.55. The highest BCUT2D eigenvalue weighted by atomic mass is 16.5. The van der Waals surface area contributed by atoms with E-state index in [1.54, 1.807) is 7.11 Å². The molecule has 0 amide bonds. The van der Waals surface area contributed by atoms with Gasteiger partial charge in [0.2, 0.25) is 0 Å². The van der Waals surface area contributed by atoms with Gasteiger partial charge in [-0.2, -0.15) is 5.10 Å². The van der Waals surface area contributed by atoms with Gasteiger partial charge in [-0.1, -0.05) is 6.92 Å². The van der Waals surface area contributed by atoms with E-state index in [1.807, 2.05) is 4.68 Å². The van der Waals surface area contributed by atoms with Gasteiger partial charge >= 0.3 is 0 Å². The number of nitrogens with one attached hydrogen (secondary N) is 1. The summed E-state index contributed by atoms with van der Waals surface area (Å²) in [6.07, 6.45) is 4.10. The summed E-state index contributed by atoms with van der Waals surface area (Å²) in [6, 6.07) is 2.53. The molecule has 19 heavy (non-hydrogen) atoms. The van der Waals surface area contributed by atoms with Crippen LogP contribution in [0.15, 0.2) is 12.3 Å². The third-order valence-electron chi connectivity index (χ3n) is 3.96. The maximum Gasteiger partial charge on any atom is 0.106 e. The molecule has 5 nitrogen and oxygen atoms in total. The van der Waals surface area contributed by atoms with E-state index < -0.39 is 0 Å². The summed E-state index contributed by atoms with van der Waals surface area (Å²) in [5.41, 5.74) is 0.921. The maximum atomic E-state index is 5.58. The second-order valence-electron chi connectivity index (χ2n) is 5.34. The van der Waals surface area contributed by atoms with Gasteiger partial charge in [-0.05, 0) is 19.4 Å². The Morgan fingerprint density at radius 2 is 2.47 bits per heavy atom. The molecule has 0 aromatic carbocycles. The Morgan fingerprint density at radius 3 is 3.11 bits per heavy atom. The fourth-order valence-electron chi connectivity index (χ4n) is 2.28. The number of methoxy groups -OCH3 is 1. The van der Waals surface area contributed by atoms with Crippen LogP contribution >= 0.6 is 0 Å². The first-order valence-electron chi connectivity index (χ1n) is 7.07. The minimum atomic E-state index is -0.153. The van der Waals surface area contributed by atoms with Gasteiger partial charge in [-0.15, -0.1) is 0 Å². The lowest BCUT2D eigenvalue weighted by Crippen LogP contribution is -2.42. The van der Waals surface area contributed by atoms with E-state index in [0.29, 0.717) is 12.6 Å². The molecule has 2 unspecified atom stereocenters. The zero-order chi connectivity index (χ0) is 13.7. The largest absolute Gasteiger partial charge is 0.378 e. The topological polar surface area (TPSA) is 48.3 Å². The van der Waals surface area contributed by atoms with E-state index in [2.05, 4.69) is 36.5 Å². The molecule has 1 aromatic heterocycles. The summed E-state index contributed by atoms with van der Waals surface area (Å²) < 4.78 is 13.0. The Labute approximate surface area is 115 Å². The summed E-state index contributed by atoms with van der Waals surface area (Å²) in [7, 11) is 1.76. The summed E-state index contributed by atoms with van der Waals surface area (Å²) in [4.78, 5) is 0. The minimum absolute atomic E-state index is 0.153. The molecule has 0 aliphatic carbocycles. The quantitative estimate of drug-likeness (QED) is 0.817. The molecule has 108 valence electrons. The van der Waals surface area contributed by atoms with Gasteiger partial charge in [-0.3, -0.25) is 4.68 Å². The lowest BCUT2D eigenvalue weighted by Gasteiger charge is -2.25. The van der Waals surface area contributed by atoms with Crippen molar-refractivity contribution in [3.8, 4) is 0 Å². The summed E-state index contributed by atoms with van der Waals surface area (Å²) in [5, 5.41) is 8.00. The Balaban J connectivity index is 1.80. The molecule has 1 N–H and O–H groups in total. The first kappa shape index (κ1) is 14.5. The Hall–Kier alpha value is -0.910. The smallest absolute Gasteiger partial charge is 0.106 e. The highest BCUT2D eigenvalue weighted by Gasteiger charge is 2.34. The second-order valence-corrected chi connectivity index (χ2v) is 5.34. The van der Waals surface area contributed by atoms with Crippen molar-refractivity contribution in [3.63, 3.8) is 0 Å². The van der Waals surface area contributed by atoms with Gasteiger partial charge in [0.05, 0.1) is 12.3 Å². The number of rotatable bonds is 7. The number of ether oxygens (including phenoxy) is 2. The first-order valence-corrected chi connectivity index (χ1v) is 7.07. The third-order valence-corrected chi connectivity index (χ3v) is 3.96. The predicted octanol–water partition coefficient (Wildman–Crippen LogP) is 1.75. The van der Waals surface area contributed by atoms with E-state index in [1.165, 1.54) is 0 Å². The molecule has 1 aliphatic heterocycles. The molecular formula is C14H25N3O2. The van der Waals surface area contributed by atoms with Crippen molar-refractivity contribution in [1.82, 2.24) is 15.1 Å². The van der Waals surface area contributed by atoms with Crippen molar-refractivity contribution in [2.24, 2.45) is 0 Å². The van der Waals surface area contributed by atoms with Crippen molar-refractivity contribution < 1.29 is 9.47 Å². The number of hydrogen-bond acceptors (Lipinski definition) is 4. The molecule has 1 fully saturated rings. The minimum Gasteiger partial charge on any atom is -0.378 e. The van der Waals surface area contributed by atoms with E-state index >= 15 is 0 Å². The van der Waals surface area contributed by atoms with Crippen LogP contribution < -0.4 is 5.32 Å². The Kier molecular flexibility index (Phi) is 4.96. The van der Waals surface area contributed by atoms with E-state index in [4.69, 9.17) is 9.47 Å². The SMILES string of the molecule is CCC(C)n1ccc(CNCC2(OC)CCOC2)n1. The van der Waals surface area contributed by atoms with Crippen molar-refractivity contribution in [2.75, 3.05) is 26.9 Å². The zero-order valence-electron chi connectivity index (χ0n) is 12.2. The van der Waals surface area contributed by atoms with Crippen molar-refractivity contribution >= 4 is 0 Å². The van der Waals surface area contributed by atoms with Gasteiger partial charge in [-0.25, -0.2) is 0 Å². The monoisotopic (exact) mass is 267 g/mol. The van der Waals surface area contributed by atoms with E-state index in [-0.39, 0.29) is 5.60 Å². The molecule has 1 aromatic rings. The summed E-state index contributed by atoms with van der Waals surface area (Å²) in [6.45, 7) is 7.40. The van der Waals surface area contributed by atoms with Crippen LogP contribution in [0.1, 0.15) is 38.4 Å². The fraction of sp³-hybridized carbons (Fsp3) is 0.786. The number of nitrogens with zero attached hydrogens (tertiary/aromatic N) is 2. The van der Waals surface area contributed by atoms with Gasteiger partial charge in [0.15, 0.2) is 0 Å². The highest BCUT2D eigenvalue weighted by molar-refractivity contribution is 5.00. The molecule has 0 radical (unpaired) electrons. The van der Waals surface area contributed by atoms with E-state index in [0.717, 1.165) is 38.2 Å². The molecule has 5 heteroatoms. The standard InChI is InChI=1S/C14H25N3O2/c1-4-12(2)17-7-5-13(16-17)9-15-10-14(18-3)6-8-19-11-14/h5,7,12,15H,4,6,8-11H2,1-3H3. The zero-order valence-corrected chi connectivity index (χ0v) is 12.2. The van der Waals surface area contributed by atoms with Gasteiger partial charge < -0.3 is 14.8 Å². The predicted molar refractivity (Wildman–Crippen MR) is 74.1 cm³/mol. The van der Waals surface area contributed by atoms with Crippen LogP contribution in [-0.4, -0.2) is 42.2 Å². The fourth-order valence-corrected chi connectivity index (χ4v) is 2.28. The molecule has 2 atom stereocenters. The van der Waals surface area contributed by atoms with Crippen molar-refractivity contribution in [3.05, 3.63) is 18.0 Å². The molecule has 0 bridgehead atoms. The molecule has 0 saturated carbocycles. The first-order chi connectivity index (χ1) is 9.19. The maximum absolute atomic E-state index is 5.58. The van der Waals surface area contributed by atoms with Gasteiger partial charge in [0.25, 0.3) is 0 Å². The lowest BCUT2D eigenvalue weighted by molar-refractivity contribution is -0.0159. The van der Waals surface area contributed by atoms with Crippen LogP contribution in [0.5, 0.6) is 0 Å². The summed E-state index contributed by atoms with van der Waals surface area (Å²) in [5.74, 6) is 0. The summed E-state index contributed by atoms with van der Waals surface area (Å²) >= 11 is 0. The molecule has 1 saturated heterocycles. The van der Waals surface area contributed by atoms with E-state index in [9.17, 15) is 0 Å². The van der Waals surface area contributed by atoms with Crippen LogP contribution in [0, 0.1) is 0 Å². The average Bonchev–Trinajstić information content (AvgIpc) is 3.08. The molecule has 2 heterocycles. The number of aromatic nitrogens is 2. The number of hydrogen-bond donors (Lipinski definition) is 1. The normalized spacial score (nSPS) is 24.8. The Morgan fingerprint density at radius 1 is 1.63 bits per heavy atom. The van der Waals surface area contributed by atoms with Crippen LogP contribution in [0.4, 0.5) is 0 Å². The highest BCUT2D eigenvalue weighted by Crippen LogP contribution is 2.21. The van der Waals surface area contributed by atoms with Gasteiger partial charge in [0.1, 0.15) is 5.60 Å². The molecule has 2 rings (SSSR count). The van der Waals surface area contributed by atoms with Crippen LogP contribution in [0.2, 0.25) is 0 Å². The molecule has 0 spiro atoms. The molecular weight excluding hydrogens is 242 g/mol. The van der Waals surface area contributed by atoms with Gasteiger partial charge in [0, 0.05) is 45.5 Å². The molecule has 1 aliphatic rings. The average molecular weight is 267 g/mol. The van der Waals surface area contributed by atoms with Crippen LogP contribution in [-0.2, 0) is 16.0 Å².